The van der Waals surface area contributed by atoms with E-state index in [9.17, 15) is 0 Å². The largest absolute Gasteiger partial charge is 0.328 e. The minimum absolute atomic E-state index is 0.414. The zero-order valence-electron chi connectivity index (χ0n) is 10.3. The average Bonchev–Trinajstić information content (AvgIpc) is 2.77. The molecular formula is C12H14Cl2N4. The Morgan fingerprint density at radius 1 is 1.17 bits per heavy atom. The zero-order chi connectivity index (χ0) is 13.1. The van der Waals surface area contributed by atoms with Crippen molar-refractivity contribution in [3.05, 3.63) is 28.4 Å². The highest BCUT2D eigenvalue weighted by atomic mass is 35.5. The maximum atomic E-state index is 6.12. The van der Waals surface area contributed by atoms with Gasteiger partial charge in [0.25, 0.3) is 0 Å². The van der Waals surface area contributed by atoms with E-state index in [0.29, 0.717) is 22.6 Å². The van der Waals surface area contributed by atoms with Gasteiger partial charge in [-0.3, -0.25) is 0 Å². The number of nitrogens with zero attached hydrogens (tertiary/aromatic N) is 4. The summed E-state index contributed by atoms with van der Waals surface area (Å²) >= 11 is 12.2. The Morgan fingerprint density at radius 2 is 1.83 bits per heavy atom. The molecular weight excluding hydrogens is 271 g/mol. The standard InChI is InChI=1S/C12H14Cl2N4/c1-3-5-18-7-15-6-9(18)12-16-10(13)8(4-2)11(14)17-12/h6-7H,3-5H2,1-2H3. The van der Waals surface area contributed by atoms with Crippen LogP contribution in [0.1, 0.15) is 25.8 Å². The van der Waals surface area contributed by atoms with E-state index in [2.05, 4.69) is 21.9 Å². The van der Waals surface area contributed by atoms with Gasteiger partial charge in [0, 0.05) is 12.1 Å². The third kappa shape index (κ3) is 2.49. The summed E-state index contributed by atoms with van der Waals surface area (Å²) in [4.78, 5) is 12.7. The number of hydrogen-bond acceptors (Lipinski definition) is 3. The summed E-state index contributed by atoms with van der Waals surface area (Å²) in [5.41, 5.74) is 1.62. The van der Waals surface area contributed by atoms with Crippen molar-refractivity contribution >= 4 is 23.2 Å². The Bertz CT molecular complexity index is 528. The van der Waals surface area contributed by atoms with Crippen molar-refractivity contribution in [3.8, 4) is 11.5 Å². The topological polar surface area (TPSA) is 43.6 Å². The summed E-state index contributed by atoms with van der Waals surface area (Å²) in [6.45, 7) is 4.94. The third-order valence-corrected chi connectivity index (χ3v) is 3.29. The van der Waals surface area contributed by atoms with Crippen LogP contribution >= 0.6 is 23.2 Å². The summed E-state index contributed by atoms with van der Waals surface area (Å²) in [5, 5.41) is 0.827. The normalized spacial score (nSPS) is 10.9. The van der Waals surface area contributed by atoms with Crippen molar-refractivity contribution in [1.82, 2.24) is 19.5 Å². The first-order valence-electron chi connectivity index (χ1n) is 5.89. The fourth-order valence-electron chi connectivity index (χ4n) is 1.76. The lowest BCUT2D eigenvalue weighted by Crippen LogP contribution is -2.02. The van der Waals surface area contributed by atoms with Crippen molar-refractivity contribution in [1.29, 1.82) is 0 Å². The maximum Gasteiger partial charge on any atom is 0.180 e. The number of hydrogen-bond donors (Lipinski definition) is 0. The van der Waals surface area contributed by atoms with Crippen LogP contribution in [0, 0.1) is 0 Å². The Balaban J connectivity index is 2.48. The third-order valence-electron chi connectivity index (χ3n) is 2.67. The summed E-state index contributed by atoms with van der Waals surface area (Å²) in [6, 6.07) is 0. The summed E-state index contributed by atoms with van der Waals surface area (Å²) < 4.78 is 1.99. The van der Waals surface area contributed by atoms with Gasteiger partial charge in [0.15, 0.2) is 5.82 Å². The molecule has 0 N–H and O–H groups in total. The van der Waals surface area contributed by atoms with Crippen molar-refractivity contribution in [2.24, 2.45) is 0 Å². The molecule has 0 fully saturated rings. The van der Waals surface area contributed by atoms with E-state index in [-0.39, 0.29) is 0 Å². The Morgan fingerprint density at radius 3 is 2.39 bits per heavy atom. The second-order valence-electron chi connectivity index (χ2n) is 3.93. The van der Waals surface area contributed by atoms with E-state index in [0.717, 1.165) is 24.2 Å². The van der Waals surface area contributed by atoms with Crippen LogP contribution in [0.15, 0.2) is 12.5 Å². The van der Waals surface area contributed by atoms with Gasteiger partial charge in [-0.2, -0.15) is 0 Å². The van der Waals surface area contributed by atoms with Crippen LogP contribution in [0.2, 0.25) is 10.3 Å². The Labute approximate surface area is 116 Å². The number of imidazole rings is 1. The van der Waals surface area contributed by atoms with Crippen LogP contribution < -0.4 is 0 Å². The molecule has 2 aromatic rings. The first-order chi connectivity index (χ1) is 8.67. The molecule has 96 valence electrons. The molecule has 18 heavy (non-hydrogen) atoms. The van der Waals surface area contributed by atoms with Crippen LogP contribution in [-0.2, 0) is 13.0 Å². The molecule has 0 aromatic carbocycles. The molecule has 0 amide bonds. The molecule has 2 heterocycles. The van der Waals surface area contributed by atoms with Crippen molar-refractivity contribution in [3.63, 3.8) is 0 Å². The molecule has 4 nitrogen and oxygen atoms in total. The van der Waals surface area contributed by atoms with E-state index < -0.39 is 0 Å². The van der Waals surface area contributed by atoms with Crippen LogP contribution in [0.5, 0.6) is 0 Å². The second kappa shape index (κ2) is 5.67. The van der Waals surface area contributed by atoms with E-state index >= 15 is 0 Å². The molecule has 6 heteroatoms. The van der Waals surface area contributed by atoms with Gasteiger partial charge in [0.1, 0.15) is 16.0 Å². The molecule has 0 unspecified atom stereocenters. The number of aromatic nitrogens is 4. The highest BCUT2D eigenvalue weighted by molar-refractivity contribution is 6.34. The van der Waals surface area contributed by atoms with Crippen LogP contribution in [0.3, 0.4) is 0 Å². The first-order valence-corrected chi connectivity index (χ1v) is 6.65. The molecule has 0 saturated carbocycles. The molecule has 0 aliphatic heterocycles. The molecule has 2 aromatic heterocycles. The Hall–Kier alpha value is -1.13. The average molecular weight is 285 g/mol. The van der Waals surface area contributed by atoms with Crippen LogP contribution in [0.25, 0.3) is 11.5 Å². The molecule has 0 spiro atoms. The Kier molecular flexibility index (Phi) is 4.19. The van der Waals surface area contributed by atoms with Gasteiger partial charge in [-0.15, -0.1) is 0 Å². The fraction of sp³-hybridized carbons (Fsp3) is 0.417. The van der Waals surface area contributed by atoms with Gasteiger partial charge in [0.2, 0.25) is 0 Å². The predicted molar refractivity (Wildman–Crippen MR) is 72.9 cm³/mol. The van der Waals surface area contributed by atoms with Gasteiger partial charge in [-0.1, -0.05) is 37.0 Å². The van der Waals surface area contributed by atoms with Crippen molar-refractivity contribution in [2.45, 2.75) is 33.2 Å². The fourth-order valence-corrected chi connectivity index (χ4v) is 2.42. The smallest absolute Gasteiger partial charge is 0.180 e. The number of halogens is 2. The van der Waals surface area contributed by atoms with Gasteiger partial charge >= 0.3 is 0 Å². The highest BCUT2D eigenvalue weighted by Crippen LogP contribution is 2.25. The van der Waals surface area contributed by atoms with E-state index in [1.165, 1.54) is 0 Å². The highest BCUT2D eigenvalue weighted by Gasteiger charge is 2.14. The van der Waals surface area contributed by atoms with E-state index in [1.54, 1.807) is 12.5 Å². The van der Waals surface area contributed by atoms with Gasteiger partial charge < -0.3 is 4.57 Å². The lowest BCUT2D eigenvalue weighted by molar-refractivity contribution is 0.681. The second-order valence-corrected chi connectivity index (χ2v) is 4.65. The van der Waals surface area contributed by atoms with Crippen molar-refractivity contribution in [2.75, 3.05) is 0 Å². The minimum Gasteiger partial charge on any atom is -0.328 e. The molecule has 0 aliphatic rings. The summed E-state index contributed by atoms with van der Waals surface area (Å²) in [7, 11) is 0. The number of rotatable bonds is 4. The maximum absolute atomic E-state index is 6.12. The SMILES string of the molecule is CCCn1cncc1-c1nc(Cl)c(CC)c(Cl)n1. The summed E-state index contributed by atoms with van der Waals surface area (Å²) in [5.74, 6) is 0.521. The quantitative estimate of drug-likeness (QED) is 0.806. The minimum atomic E-state index is 0.414. The van der Waals surface area contributed by atoms with Crippen LogP contribution in [-0.4, -0.2) is 19.5 Å². The predicted octanol–water partition coefficient (Wildman–Crippen LogP) is 3.62. The van der Waals surface area contributed by atoms with E-state index in [1.807, 2.05) is 11.5 Å². The molecule has 2 rings (SSSR count). The van der Waals surface area contributed by atoms with Crippen LogP contribution in [0.4, 0.5) is 0 Å². The first kappa shape index (κ1) is 13.3. The molecule has 0 atom stereocenters. The monoisotopic (exact) mass is 284 g/mol. The van der Waals surface area contributed by atoms with Gasteiger partial charge in [0.05, 0.1) is 12.5 Å². The van der Waals surface area contributed by atoms with E-state index in [4.69, 9.17) is 23.2 Å². The van der Waals surface area contributed by atoms with Gasteiger partial charge in [-0.05, 0) is 12.8 Å². The zero-order valence-corrected chi connectivity index (χ0v) is 11.8. The molecule has 0 bridgehead atoms. The molecule has 0 aliphatic carbocycles. The lowest BCUT2D eigenvalue weighted by Gasteiger charge is -2.08. The lowest BCUT2D eigenvalue weighted by atomic mass is 10.2. The summed E-state index contributed by atoms with van der Waals surface area (Å²) in [6.07, 6.45) is 5.21. The number of aryl methyl sites for hydroxylation is 1. The molecule has 0 radical (unpaired) electrons. The van der Waals surface area contributed by atoms with Gasteiger partial charge in [-0.25, -0.2) is 15.0 Å². The van der Waals surface area contributed by atoms with Crippen molar-refractivity contribution < 1.29 is 0 Å². The molecule has 0 saturated heterocycles.